The maximum Gasteiger partial charge on any atom is 0.104 e. The molecule has 0 spiro atoms. The van der Waals surface area contributed by atoms with Crippen LogP contribution in [0.4, 0.5) is 0 Å². The highest BCUT2D eigenvalue weighted by molar-refractivity contribution is 7.10. The molecule has 14 heavy (non-hydrogen) atoms. The summed E-state index contributed by atoms with van der Waals surface area (Å²) in [5.74, 6) is 0. The molecule has 0 aliphatic carbocycles. The molecule has 1 aromatic heterocycles. The molecule has 3 heteroatoms. The predicted octanol–water partition coefficient (Wildman–Crippen LogP) is 2.95. The van der Waals surface area contributed by atoms with Crippen LogP contribution in [0.2, 0.25) is 0 Å². The number of hydrogen-bond acceptors (Lipinski definition) is 3. The van der Waals surface area contributed by atoms with Crippen LogP contribution in [-0.2, 0) is 4.74 Å². The van der Waals surface area contributed by atoms with Gasteiger partial charge in [0, 0.05) is 18.0 Å². The van der Waals surface area contributed by atoms with E-state index in [1.807, 2.05) is 6.07 Å². The van der Waals surface area contributed by atoms with Crippen molar-refractivity contribution in [3.63, 3.8) is 0 Å². The van der Waals surface area contributed by atoms with Gasteiger partial charge in [0.05, 0.1) is 0 Å². The second kappa shape index (κ2) is 6.98. The molecule has 2 N–H and O–H groups in total. The maximum absolute atomic E-state index is 5.72. The zero-order valence-corrected chi connectivity index (χ0v) is 9.56. The zero-order chi connectivity index (χ0) is 10.2. The van der Waals surface area contributed by atoms with Crippen molar-refractivity contribution in [2.45, 2.75) is 32.3 Å². The topological polar surface area (TPSA) is 35.2 Å². The highest BCUT2D eigenvalue weighted by Crippen LogP contribution is 2.21. The summed E-state index contributed by atoms with van der Waals surface area (Å²) in [6.07, 6.45) is 3.71. The van der Waals surface area contributed by atoms with Gasteiger partial charge < -0.3 is 10.5 Å². The standard InChI is InChI=1S/C11H19NOS/c1-2-3-4-7-13-10(9-12)11-6-5-8-14-11/h5-6,8,10H,2-4,7,9,12H2,1H3. The number of rotatable bonds is 7. The SMILES string of the molecule is CCCCCOC(CN)c1cccs1. The van der Waals surface area contributed by atoms with Crippen LogP contribution < -0.4 is 5.73 Å². The van der Waals surface area contributed by atoms with Crippen molar-refractivity contribution >= 4 is 11.3 Å². The molecule has 1 atom stereocenters. The van der Waals surface area contributed by atoms with Gasteiger partial charge in [0.25, 0.3) is 0 Å². The van der Waals surface area contributed by atoms with Gasteiger partial charge in [-0.2, -0.15) is 0 Å². The Morgan fingerprint density at radius 3 is 2.93 bits per heavy atom. The molecule has 0 saturated carbocycles. The normalized spacial score (nSPS) is 13.0. The first-order chi connectivity index (χ1) is 6.88. The molecular formula is C11H19NOS. The average molecular weight is 213 g/mol. The minimum Gasteiger partial charge on any atom is -0.371 e. The van der Waals surface area contributed by atoms with E-state index in [2.05, 4.69) is 18.4 Å². The molecule has 0 aliphatic rings. The van der Waals surface area contributed by atoms with Crippen molar-refractivity contribution in [1.82, 2.24) is 0 Å². The molecule has 2 nitrogen and oxygen atoms in total. The Kier molecular flexibility index (Phi) is 5.83. The fourth-order valence-corrected chi connectivity index (χ4v) is 2.11. The third kappa shape index (κ3) is 3.78. The van der Waals surface area contributed by atoms with E-state index in [1.165, 1.54) is 17.7 Å². The van der Waals surface area contributed by atoms with Crippen molar-refractivity contribution in [2.24, 2.45) is 5.73 Å². The lowest BCUT2D eigenvalue weighted by Crippen LogP contribution is -2.15. The summed E-state index contributed by atoms with van der Waals surface area (Å²) < 4.78 is 5.72. The van der Waals surface area contributed by atoms with Crippen LogP contribution in [-0.4, -0.2) is 13.2 Å². The number of unbranched alkanes of at least 4 members (excludes halogenated alkanes) is 2. The van der Waals surface area contributed by atoms with Gasteiger partial charge in [0.1, 0.15) is 6.10 Å². The predicted molar refractivity (Wildman–Crippen MR) is 61.6 cm³/mol. The fourth-order valence-electron chi connectivity index (χ4n) is 1.32. The third-order valence-corrected chi connectivity index (χ3v) is 3.11. The van der Waals surface area contributed by atoms with E-state index in [9.17, 15) is 0 Å². The molecule has 1 unspecified atom stereocenters. The molecule has 0 aromatic carbocycles. The number of ether oxygens (including phenoxy) is 1. The van der Waals surface area contributed by atoms with Gasteiger partial charge in [0.15, 0.2) is 0 Å². The summed E-state index contributed by atoms with van der Waals surface area (Å²) in [6.45, 7) is 3.60. The highest BCUT2D eigenvalue weighted by atomic mass is 32.1. The van der Waals surface area contributed by atoms with Crippen molar-refractivity contribution < 1.29 is 4.74 Å². The van der Waals surface area contributed by atoms with Gasteiger partial charge in [-0.15, -0.1) is 11.3 Å². The Morgan fingerprint density at radius 1 is 1.50 bits per heavy atom. The molecule has 1 aromatic rings. The lowest BCUT2D eigenvalue weighted by atomic mass is 10.2. The van der Waals surface area contributed by atoms with E-state index < -0.39 is 0 Å². The van der Waals surface area contributed by atoms with E-state index in [1.54, 1.807) is 11.3 Å². The summed E-state index contributed by atoms with van der Waals surface area (Å²) in [5, 5.41) is 2.06. The number of nitrogens with two attached hydrogens (primary N) is 1. The molecule has 0 radical (unpaired) electrons. The van der Waals surface area contributed by atoms with Crippen LogP contribution in [0.5, 0.6) is 0 Å². The van der Waals surface area contributed by atoms with E-state index in [4.69, 9.17) is 10.5 Å². The Balaban J connectivity index is 2.26. The van der Waals surface area contributed by atoms with Crippen LogP contribution in [0.3, 0.4) is 0 Å². The van der Waals surface area contributed by atoms with E-state index in [-0.39, 0.29) is 6.10 Å². The molecule has 0 bridgehead atoms. The Bertz CT molecular complexity index is 223. The van der Waals surface area contributed by atoms with Gasteiger partial charge in [-0.3, -0.25) is 0 Å². The van der Waals surface area contributed by atoms with Gasteiger partial charge in [0.2, 0.25) is 0 Å². The second-order valence-electron chi connectivity index (χ2n) is 3.32. The van der Waals surface area contributed by atoms with Crippen molar-refractivity contribution in [3.8, 4) is 0 Å². The third-order valence-electron chi connectivity index (χ3n) is 2.14. The minimum absolute atomic E-state index is 0.104. The van der Waals surface area contributed by atoms with Crippen LogP contribution in [0.25, 0.3) is 0 Å². The molecule has 0 saturated heterocycles. The van der Waals surface area contributed by atoms with Gasteiger partial charge in [-0.25, -0.2) is 0 Å². The first-order valence-electron chi connectivity index (χ1n) is 5.23. The molecule has 80 valence electrons. The fraction of sp³-hybridized carbons (Fsp3) is 0.636. The van der Waals surface area contributed by atoms with Crippen LogP contribution in [0.15, 0.2) is 17.5 Å². The van der Waals surface area contributed by atoms with Crippen LogP contribution in [0.1, 0.15) is 37.2 Å². The highest BCUT2D eigenvalue weighted by Gasteiger charge is 2.09. The average Bonchev–Trinajstić information content (AvgIpc) is 2.71. The van der Waals surface area contributed by atoms with Crippen molar-refractivity contribution in [3.05, 3.63) is 22.4 Å². The monoisotopic (exact) mass is 213 g/mol. The number of hydrogen-bond donors (Lipinski definition) is 1. The molecule has 0 aliphatic heterocycles. The van der Waals surface area contributed by atoms with Crippen LogP contribution >= 0.6 is 11.3 Å². The molecular weight excluding hydrogens is 194 g/mol. The lowest BCUT2D eigenvalue weighted by molar-refractivity contribution is 0.0583. The molecule has 1 rings (SSSR count). The maximum atomic E-state index is 5.72. The van der Waals surface area contributed by atoms with Gasteiger partial charge >= 0.3 is 0 Å². The number of thiophene rings is 1. The van der Waals surface area contributed by atoms with E-state index in [0.717, 1.165) is 13.0 Å². The summed E-state index contributed by atoms with van der Waals surface area (Å²) in [4.78, 5) is 1.24. The van der Waals surface area contributed by atoms with E-state index in [0.29, 0.717) is 6.54 Å². The largest absolute Gasteiger partial charge is 0.371 e. The zero-order valence-electron chi connectivity index (χ0n) is 8.74. The summed E-state index contributed by atoms with van der Waals surface area (Å²) in [6, 6.07) is 4.13. The van der Waals surface area contributed by atoms with Gasteiger partial charge in [-0.05, 0) is 17.9 Å². The smallest absolute Gasteiger partial charge is 0.104 e. The molecule has 0 amide bonds. The Hall–Kier alpha value is -0.380. The van der Waals surface area contributed by atoms with Crippen LogP contribution in [0, 0.1) is 0 Å². The first kappa shape index (κ1) is 11.7. The molecule has 0 fully saturated rings. The minimum atomic E-state index is 0.104. The molecule has 1 heterocycles. The Labute approximate surface area is 90.1 Å². The first-order valence-corrected chi connectivity index (χ1v) is 6.11. The summed E-state index contributed by atoms with van der Waals surface area (Å²) >= 11 is 1.71. The second-order valence-corrected chi connectivity index (χ2v) is 4.30. The van der Waals surface area contributed by atoms with Gasteiger partial charge in [-0.1, -0.05) is 25.8 Å². The lowest BCUT2D eigenvalue weighted by Gasteiger charge is -2.13. The van der Waals surface area contributed by atoms with E-state index >= 15 is 0 Å². The van der Waals surface area contributed by atoms with Crippen molar-refractivity contribution in [1.29, 1.82) is 0 Å². The summed E-state index contributed by atoms with van der Waals surface area (Å²) in [5.41, 5.74) is 5.66. The quantitative estimate of drug-likeness (QED) is 0.707. The summed E-state index contributed by atoms with van der Waals surface area (Å²) in [7, 11) is 0. The van der Waals surface area contributed by atoms with Crippen molar-refractivity contribution in [2.75, 3.05) is 13.2 Å². The Morgan fingerprint density at radius 2 is 2.36 bits per heavy atom.